The molecular weight excluding hydrogens is 222 g/mol. The van der Waals surface area contributed by atoms with Crippen LogP contribution in [0.4, 0.5) is 11.5 Å². The monoisotopic (exact) mass is 249 g/mol. The molecule has 2 rings (SSSR count). The number of nitrogens with zero attached hydrogens (tertiary/aromatic N) is 1. The third-order valence-corrected chi connectivity index (χ3v) is 3.74. The molecule has 0 unspecified atom stereocenters. The Hall–Kier alpha value is -1.25. The summed E-state index contributed by atoms with van der Waals surface area (Å²) in [6, 6.07) is 3.43. The van der Waals surface area contributed by atoms with Crippen molar-refractivity contribution in [2.24, 2.45) is 11.8 Å². The molecular formula is C15H27N3. The second-order valence-electron chi connectivity index (χ2n) is 5.55. The molecule has 0 saturated heterocycles. The maximum absolute atomic E-state index is 5.47. The topological polar surface area (TPSA) is 64.9 Å². The van der Waals surface area contributed by atoms with Crippen LogP contribution < -0.4 is 11.5 Å². The standard InChI is InChI=1S/C9H18.C6H9N3/c1-8(2)9-6-4-3-5-7-9;1-4-5(7)2-3-6(8)9-4/h8-9H,3-7H2,1-2H3;2-3H,7H2,1H3,(H2,8,9). The van der Waals surface area contributed by atoms with E-state index in [4.69, 9.17) is 11.5 Å². The van der Waals surface area contributed by atoms with E-state index in [1.54, 1.807) is 12.1 Å². The van der Waals surface area contributed by atoms with Crippen LogP contribution >= 0.6 is 0 Å². The third kappa shape index (κ3) is 4.94. The van der Waals surface area contributed by atoms with Crippen molar-refractivity contribution >= 4 is 11.5 Å². The van der Waals surface area contributed by atoms with Gasteiger partial charge in [0.1, 0.15) is 5.82 Å². The molecule has 0 aliphatic heterocycles. The largest absolute Gasteiger partial charge is 0.397 e. The summed E-state index contributed by atoms with van der Waals surface area (Å²) in [5, 5.41) is 0. The average molecular weight is 249 g/mol. The Kier molecular flexibility index (Phi) is 5.96. The van der Waals surface area contributed by atoms with Crippen LogP contribution in [0.15, 0.2) is 12.1 Å². The Morgan fingerprint density at radius 2 is 1.72 bits per heavy atom. The first kappa shape index (κ1) is 14.8. The van der Waals surface area contributed by atoms with Gasteiger partial charge < -0.3 is 11.5 Å². The summed E-state index contributed by atoms with van der Waals surface area (Å²) in [5.41, 5.74) is 12.3. The van der Waals surface area contributed by atoms with Crippen LogP contribution in [0.3, 0.4) is 0 Å². The first-order valence-corrected chi connectivity index (χ1v) is 6.99. The maximum atomic E-state index is 5.47. The quantitative estimate of drug-likeness (QED) is 0.796. The highest BCUT2D eigenvalue weighted by molar-refractivity contribution is 5.46. The number of hydrogen-bond donors (Lipinski definition) is 2. The summed E-state index contributed by atoms with van der Waals surface area (Å²) in [4.78, 5) is 3.93. The van der Waals surface area contributed by atoms with Gasteiger partial charge in [-0.15, -0.1) is 0 Å². The van der Waals surface area contributed by atoms with Gasteiger partial charge in [0.05, 0.1) is 11.4 Å². The highest BCUT2D eigenvalue weighted by Crippen LogP contribution is 2.29. The molecule has 0 amide bonds. The molecule has 0 aromatic carbocycles. The number of hydrogen-bond acceptors (Lipinski definition) is 3. The van der Waals surface area contributed by atoms with E-state index in [2.05, 4.69) is 18.8 Å². The van der Waals surface area contributed by atoms with Gasteiger partial charge in [0.25, 0.3) is 0 Å². The van der Waals surface area contributed by atoms with Crippen molar-refractivity contribution < 1.29 is 0 Å². The Morgan fingerprint density at radius 3 is 2.11 bits per heavy atom. The molecule has 1 aliphatic carbocycles. The molecule has 0 bridgehead atoms. The first-order valence-electron chi connectivity index (χ1n) is 6.99. The van der Waals surface area contributed by atoms with Crippen molar-refractivity contribution in [1.82, 2.24) is 4.98 Å². The molecule has 102 valence electrons. The maximum Gasteiger partial charge on any atom is 0.123 e. The molecule has 1 heterocycles. The summed E-state index contributed by atoms with van der Waals surface area (Å²) in [6.07, 6.45) is 7.46. The lowest BCUT2D eigenvalue weighted by Gasteiger charge is -2.24. The minimum absolute atomic E-state index is 0.515. The Bertz CT molecular complexity index is 355. The molecule has 1 aromatic rings. The highest BCUT2D eigenvalue weighted by Gasteiger charge is 2.15. The summed E-state index contributed by atoms with van der Waals surface area (Å²) in [7, 11) is 0. The van der Waals surface area contributed by atoms with Crippen molar-refractivity contribution in [1.29, 1.82) is 0 Å². The zero-order chi connectivity index (χ0) is 13.5. The van der Waals surface area contributed by atoms with Crippen LogP contribution in [0.1, 0.15) is 51.6 Å². The average Bonchev–Trinajstić information content (AvgIpc) is 2.36. The summed E-state index contributed by atoms with van der Waals surface area (Å²) >= 11 is 0. The van der Waals surface area contributed by atoms with E-state index in [9.17, 15) is 0 Å². The fourth-order valence-electron chi connectivity index (χ4n) is 2.39. The highest BCUT2D eigenvalue weighted by atomic mass is 14.8. The molecule has 1 fully saturated rings. The Labute approximate surface area is 111 Å². The molecule has 18 heavy (non-hydrogen) atoms. The second kappa shape index (κ2) is 7.24. The molecule has 0 radical (unpaired) electrons. The van der Waals surface area contributed by atoms with Gasteiger partial charge in [0.15, 0.2) is 0 Å². The molecule has 3 heteroatoms. The smallest absolute Gasteiger partial charge is 0.123 e. The minimum Gasteiger partial charge on any atom is -0.397 e. The third-order valence-electron chi connectivity index (χ3n) is 3.74. The molecule has 1 saturated carbocycles. The van der Waals surface area contributed by atoms with Gasteiger partial charge in [0, 0.05) is 0 Å². The van der Waals surface area contributed by atoms with E-state index >= 15 is 0 Å². The van der Waals surface area contributed by atoms with Gasteiger partial charge in [-0.1, -0.05) is 46.0 Å². The molecule has 4 N–H and O–H groups in total. The van der Waals surface area contributed by atoms with Crippen LogP contribution in [-0.2, 0) is 0 Å². The van der Waals surface area contributed by atoms with E-state index in [1.807, 2.05) is 6.92 Å². The van der Waals surface area contributed by atoms with E-state index in [0.29, 0.717) is 11.5 Å². The van der Waals surface area contributed by atoms with E-state index in [0.717, 1.165) is 17.5 Å². The molecule has 1 aromatic heterocycles. The van der Waals surface area contributed by atoms with Crippen molar-refractivity contribution in [2.75, 3.05) is 11.5 Å². The van der Waals surface area contributed by atoms with Gasteiger partial charge in [-0.25, -0.2) is 4.98 Å². The number of anilines is 2. The fraction of sp³-hybridized carbons (Fsp3) is 0.667. The zero-order valence-electron chi connectivity index (χ0n) is 11.9. The van der Waals surface area contributed by atoms with Crippen LogP contribution in [0.2, 0.25) is 0 Å². The predicted molar refractivity (Wildman–Crippen MR) is 79.2 cm³/mol. The second-order valence-corrected chi connectivity index (χ2v) is 5.55. The predicted octanol–water partition coefficient (Wildman–Crippen LogP) is 3.78. The lowest BCUT2D eigenvalue weighted by Crippen LogP contribution is -2.12. The van der Waals surface area contributed by atoms with E-state index in [-0.39, 0.29) is 0 Å². The van der Waals surface area contributed by atoms with Crippen molar-refractivity contribution in [3.05, 3.63) is 17.8 Å². The number of aryl methyl sites for hydroxylation is 1. The number of aromatic nitrogens is 1. The zero-order valence-corrected chi connectivity index (χ0v) is 11.9. The van der Waals surface area contributed by atoms with Gasteiger partial charge >= 0.3 is 0 Å². The van der Waals surface area contributed by atoms with Crippen LogP contribution in [0, 0.1) is 18.8 Å². The fourth-order valence-corrected chi connectivity index (χ4v) is 2.39. The molecule has 0 spiro atoms. The number of nitrogen functional groups attached to an aromatic ring is 2. The minimum atomic E-state index is 0.515. The number of nitrogens with two attached hydrogens (primary N) is 2. The van der Waals surface area contributed by atoms with E-state index in [1.165, 1.54) is 32.1 Å². The first-order chi connectivity index (χ1) is 8.50. The summed E-state index contributed by atoms with van der Waals surface area (Å²) in [5.74, 6) is 2.51. The normalized spacial score (nSPS) is 16.2. The van der Waals surface area contributed by atoms with Gasteiger partial charge in [-0.2, -0.15) is 0 Å². The van der Waals surface area contributed by atoms with Gasteiger partial charge in [-0.05, 0) is 30.9 Å². The van der Waals surface area contributed by atoms with Crippen molar-refractivity contribution in [3.8, 4) is 0 Å². The lowest BCUT2D eigenvalue weighted by molar-refractivity contribution is 0.279. The van der Waals surface area contributed by atoms with Gasteiger partial charge in [0.2, 0.25) is 0 Å². The van der Waals surface area contributed by atoms with Gasteiger partial charge in [-0.3, -0.25) is 0 Å². The molecule has 1 aliphatic rings. The number of pyridine rings is 1. The Morgan fingerprint density at radius 1 is 1.11 bits per heavy atom. The van der Waals surface area contributed by atoms with Crippen molar-refractivity contribution in [3.63, 3.8) is 0 Å². The summed E-state index contributed by atoms with van der Waals surface area (Å²) < 4.78 is 0. The lowest BCUT2D eigenvalue weighted by atomic mass is 9.82. The van der Waals surface area contributed by atoms with Crippen LogP contribution in [-0.4, -0.2) is 4.98 Å². The van der Waals surface area contributed by atoms with E-state index < -0.39 is 0 Å². The SMILES string of the molecule is CC(C)C1CCCCC1.Cc1nc(N)ccc1N. The number of rotatable bonds is 1. The molecule has 0 atom stereocenters. The van der Waals surface area contributed by atoms with Crippen LogP contribution in [0.25, 0.3) is 0 Å². The Balaban J connectivity index is 0.000000180. The molecule has 3 nitrogen and oxygen atoms in total. The summed E-state index contributed by atoms with van der Waals surface area (Å²) in [6.45, 7) is 6.54. The van der Waals surface area contributed by atoms with Crippen molar-refractivity contribution in [2.45, 2.75) is 52.9 Å². The van der Waals surface area contributed by atoms with Crippen LogP contribution in [0.5, 0.6) is 0 Å².